The van der Waals surface area contributed by atoms with Crippen molar-refractivity contribution in [2.75, 3.05) is 26.8 Å². The highest BCUT2D eigenvalue weighted by Crippen LogP contribution is 2.12. The zero-order chi connectivity index (χ0) is 8.97. The van der Waals surface area contributed by atoms with Gasteiger partial charge in [0.25, 0.3) is 0 Å². The summed E-state index contributed by atoms with van der Waals surface area (Å²) in [5.74, 6) is -0.111. The third-order valence-corrected chi connectivity index (χ3v) is 1.98. The van der Waals surface area contributed by atoms with Crippen LogP contribution in [-0.4, -0.2) is 43.8 Å². The maximum atomic E-state index is 12.8. The van der Waals surface area contributed by atoms with Gasteiger partial charge in [0.2, 0.25) is 5.91 Å². The van der Waals surface area contributed by atoms with Gasteiger partial charge in [0.15, 0.2) is 0 Å². The minimum absolute atomic E-state index is 0.0622. The highest BCUT2D eigenvalue weighted by Gasteiger charge is 2.22. The summed E-state index contributed by atoms with van der Waals surface area (Å²) in [5.41, 5.74) is 0. The van der Waals surface area contributed by atoms with Gasteiger partial charge in [-0.1, -0.05) is 0 Å². The zero-order valence-electron chi connectivity index (χ0n) is 7.25. The van der Waals surface area contributed by atoms with E-state index in [1.165, 1.54) is 12.0 Å². The minimum atomic E-state index is -0.848. The summed E-state index contributed by atoms with van der Waals surface area (Å²) in [4.78, 5) is 12.7. The maximum absolute atomic E-state index is 12.8. The van der Waals surface area contributed by atoms with Crippen LogP contribution in [0.15, 0.2) is 0 Å². The zero-order valence-corrected chi connectivity index (χ0v) is 7.25. The first-order valence-electron chi connectivity index (χ1n) is 4.15. The number of rotatable bonds is 2. The van der Waals surface area contributed by atoms with Crippen molar-refractivity contribution >= 4 is 5.91 Å². The standard InChI is InChI=1S/C8H14FNO2/c1-12-6-8(11)10-4-2-3-7(9)5-10/h7H,2-6H2,1H3. The van der Waals surface area contributed by atoms with Gasteiger partial charge >= 0.3 is 0 Å². The van der Waals surface area contributed by atoms with Gasteiger partial charge in [-0.25, -0.2) is 4.39 Å². The van der Waals surface area contributed by atoms with Crippen molar-refractivity contribution in [3.63, 3.8) is 0 Å². The summed E-state index contributed by atoms with van der Waals surface area (Å²) in [6.45, 7) is 0.970. The fraction of sp³-hybridized carbons (Fsp3) is 0.875. The lowest BCUT2D eigenvalue weighted by molar-refractivity contribution is -0.137. The predicted molar refractivity (Wildman–Crippen MR) is 42.6 cm³/mol. The van der Waals surface area contributed by atoms with Crippen molar-refractivity contribution in [2.45, 2.75) is 19.0 Å². The molecular formula is C8H14FNO2. The van der Waals surface area contributed by atoms with Crippen LogP contribution in [0.25, 0.3) is 0 Å². The molecule has 1 rings (SSSR count). The molecule has 0 radical (unpaired) electrons. The van der Waals surface area contributed by atoms with Crippen LogP contribution in [0.2, 0.25) is 0 Å². The Labute approximate surface area is 71.5 Å². The highest BCUT2D eigenvalue weighted by molar-refractivity contribution is 5.77. The van der Waals surface area contributed by atoms with Gasteiger partial charge in [-0.15, -0.1) is 0 Å². The maximum Gasteiger partial charge on any atom is 0.248 e. The molecule has 1 amide bonds. The average Bonchev–Trinajstić information content (AvgIpc) is 2.05. The van der Waals surface area contributed by atoms with Crippen molar-refractivity contribution in [3.8, 4) is 0 Å². The Kier molecular flexibility index (Phi) is 3.47. The van der Waals surface area contributed by atoms with Crippen molar-refractivity contribution in [1.82, 2.24) is 4.90 Å². The van der Waals surface area contributed by atoms with Crippen molar-refractivity contribution in [3.05, 3.63) is 0 Å². The first kappa shape index (κ1) is 9.45. The van der Waals surface area contributed by atoms with Crippen LogP contribution in [0.5, 0.6) is 0 Å². The van der Waals surface area contributed by atoms with Crippen LogP contribution in [0.1, 0.15) is 12.8 Å². The second kappa shape index (κ2) is 4.40. The first-order valence-corrected chi connectivity index (χ1v) is 4.15. The number of piperidine rings is 1. The van der Waals surface area contributed by atoms with Crippen LogP contribution < -0.4 is 0 Å². The molecule has 1 unspecified atom stereocenters. The summed E-state index contributed by atoms with van der Waals surface area (Å²) >= 11 is 0. The Balaban J connectivity index is 2.35. The molecule has 12 heavy (non-hydrogen) atoms. The number of carbonyl (C=O) groups is 1. The Bertz CT molecular complexity index is 163. The number of hydrogen-bond donors (Lipinski definition) is 0. The van der Waals surface area contributed by atoms with E-state index in [9.17, 15) is 9.18 Å². The van der Waals surface area contributed by atoms with Crippen molar-refractivity contribution in [1.29, 1.82) is 0 Å². The molecule has 0 aromatic rings. The molecule has 1 saturated heterocycles. The normalized spacial score (nSPS) is 24.2. The summed E-state index contributed by atoms with van der Waals surface area (Å²) in [6.07, 6.45) is 0.493. The molecule has 0 aromatic heterocycles. The number of alkyl halides is 1. The Morgan fingerprint density at radius 1 is 1.75 bits per heavy atom. The molecule has 4 heteroatoms. The molecule has 1 atom stereocenters. The lowest BCUT2D eigenvalue weighted by Crippen LogP contribution is -2.42. The van der Waals surface area contributed by atoms with E-state index in [2.05, 4.69) is 4.74 Å². The van der Waals surface area contributed by atoms with Gasteiger partial charge in [0, 0.05) is 13.7 Å². The molecule has 0 N–H and O–H groups in total. The molecule has 3 nitrogen and oxygen atoms in total. The van der Waals surface area contributed by atoms with E-state index in [4.69, 9.17) is 0 Å². The topological polar surface area (TPSA) is 29.5 Å². The number of likely N-dealkylation sites (tertiary alicyclic amines) is 1. The fourth-order valence-corrected chi connectivity index (χ4v) is 1.37. The second-order valence-corrected chi connectivity index (χ2v) is 3.01. The number of halogens is 1. The lowest BCUT2D eigenvalue weighted by atomic mass is 10.1. The fourth-order valence-electron chi connectivity index (χ4n) is 1.37. The summed E-state index contributed by atoms with van der Waals surface area (Å²) < 4.78 is 17.5. The summed E-state index contributed by atoms with van der Waals surface area (Å²) in [7, 11) is 1.47. The molecule has 1 aliphatic rings. The quantitative estimate of drug-likeness (QED) is 0.615. The molecular weight excluding hydrogens is 161 g/mol. The van der Waals surface area contributed by atoms with Crippen LogP contribution in [0.4, 0.5) is 4.39 Å². The number of amides is 1. The Morgan fingerprint density at radius 3 is 3.08 bits per heavy atom. The predicted octanol–water partition coefficient (Wildman–Crippen LogP) is 0.593. The van der Waals surface area contributed by atoms with Gasteiger partial charge < -0.3 is 9.64 Å². The smallest absolute Gasteiger partial charge is 0.248 e. The number of methoxy groups -OCH3 is 1. The molecule has 0 saturated carbocycles. The van der Waals surface area contributed by atoms with E-state index >= 15 is 0 Å². The molecule has 0 bridgehead atoms. The van der Waals surface area contributed by atoms with Crippen LogP contribution in [0, 0.1) is 0 Å². The highest BCUT2D eigenvalue weighted by atomic mass is 19.1. The summed E-state index contributed by atoms with van der Waals surface area (Å²) in [6, 6.07) is 0. The number of ether oxygens (including phenoxy) is 1. The molecule has 0 spiro atoms. The van der Waals surface area contributed by atoms with Crippen LogP contribution in [-0.2, 0) is 9.53 Å². The third kappa shape index (κ3) is 2.44. The largest absolute Gasteiger partial charge is 0.375 e. The third-order valence-electron chi connectivity index (χ3n) is 1.98. The van der Waals surface area contributed by atoms with Crippen LogP contribution >= 0.6 is 0 Å². The van der Waals surface area contributed by atoms with Crippen molar-refractivity contribution in [2.24, 2.45) is 0 Å². The second-order valence-electron chi connectivity index (χ2n) is 3.01. The Hall–Kier alpha value is -0.640. The number of carbonyl (C=O) groups excluding carboxylic acids is 1. The van der Waals surface area contributed by atoms with E-state index < -0.39 is 6.17 Å². The van der Waals surface area contributed by atoms with Gasteiger partial charge in [-0.3, -0.25) is 4.79 Å². The number of nitrogens with zero attached hydrogens (tertiary/aromatic N) is 1. The van der Waals surface area contributed by atoms with Crippen molar-refractivity contribution < 1.29 is 13.9 Å². The van der Waals surface area contributed by atoms with E-state index in [0.29, 0.717) is 13.0 Å². The van der Waals surface area contributed by atoms with E-state index in [1.807, 2.05) is 0 Å². The molecule has 1 aliphatic heterocycles. The molecule has 1 fully saturated rings. The molecule has 0 aliphatic carbocycles. The van der Waals surface area contributed by atoms with E-state index in [-0.39, 0.29) is 19.1 Å². The van der Waals surface area contributed by atoms with Gasteiger partial charge in [0.1, 0.15) is 12.8 Å². The van der Waals surface area contributed by atoms with Gasteiger partial charge in [0.05, 0.1) is 6.54 Å². The van der Waals surface area contributed by atoms with E-state index in [1.54, 1.807) is 0 Å². The average molecular weight is 175 g/mol. The van der Waals surface area contributed by atoms with Crippen LogP contribution in [0.3, 0.4) is 0 Å². The summed E-state index contributed by atoms with van der Waals surface area (Å²) in [5, 5.41) is 0. The minimum Gasteiger partial charge on any atom is -0.375 e. The lowest BCUT2D eigenvalue weighted by Gasteiger charge is -2.28. The monoisotopic (exact) mass is 175 g/mol. The molecule has 70 valence electrons. The van der Waals surface area contributed by atoms with E-state index in [0.717, 1.165) is 6.42 Å². The molecule has 1 heterocycles. The SMILES string of the molecule is COCC(=O)N1CCCC(F)C1. The molecule has 0 aromatic carbocycles. The Morgan fingerprint density at radius 2 is 2.50 bits per heavy atom. The van der Waals surface area contributed by atoms with Gasteiger partial charge in [-0.2, -0.15) is 0 Å². The van der Waals surface area contributed by atoms with Gasteiger partial charge in [-0.05, 0) is 12.8 Å². The number of hydrogen-bond acceptors (Lipinski definition) is 2. The first-order chi connectivity index (χ1) is 5.74.